The van der Waals surface area contributed by atoms with Crippen LogP contribution in [0, 0.1) is 6.92 Å². The van der Waals surface area contributed by atoms with Gasteiger partial charge in [-0.1, -0.05) is 25.1 Å². The molecule has 1 aromatic carbocycles. The fourth-order valence-corrected chi connectivity index (χ4v) is 2.78. The van der Waals surface area contributed by atoms with Crippen molar-refractivity contribution in [3.8, 4) is 0 Å². The molecule has 0 bridgehead atoms. The average molecular weight is 307 g/mol. The minimum absolute atomic E-state index is 0.775. The highest BCUT2D eigenvalue weighted by Gasteiger charge is 2.10. The summed E-state index contributed by atoms with van der Waals surface area (Å²) in [5.74, 6) is 0.792. The Balaban J connectivity index is 1.76. The molecule has 3 aromatic rings. The molecule has 0 aliphatic heterocycles. The van der Waals surface area contributed by atoms with Crippen LogP contribution in [-0.2, 0) is 6.42 Å². The van der Waals surface area contributed by atoms with Crippen LogP contribution in [0.1, 0.15) is 18.2 Å². The van der Waals surface area contributed by atoms with Gasteiger partial charge in [0.15, 0.2) is 0 Å². The average Bonchev–Trinajstić information content (AvgIpc) is 2.59. The van der Waals surface area contributed by atoms with Crippen LogP contribution in [0.3, 0.4) is 0 Å². The first-order valence-electron chi connectivity index (χ1n) is 7.91. The first-order valence-corrected chi connectivity index (χ1v) is 7.91. The molecule has 23 heavy (non-hydrogen) atoms. The van der Waals surface area contributed by atoms with Crippen molar-refractivity contribution < 1.29 is 0 Å². The molecular formula is C18H21N5. The Morgan fingerprint density at radius 2 is 1.87 bits per heavy atom. The molecule has 0 saturated heterocycles. The predicted molar refractivity (Wildman–Crippen MR) is 94.9 cm³/mol. The molecule has 0 unspecified atom stereocenters. The third-order valence-electron chi connectivity index (χ3n) is 3.85. The normalized spacial score (nSPS) is 10.7. The number of aryl methyl sites for hydroxylation is 1. The second kappa shape index (κ2) is 7.05. The molecule has 0 saturated carbocycles. The lowest BCUT2D eigenvalue weighted by molar-refractivity contribution is 1.02. The van der Waals surface area contributed by atoms with Crippen LogP contribution in [0.4, 0.5) is 11.5 Å². The van der Waals surface area contributed by atoms with Crippen LogP contribution in [0.5, 0.6) is 0 Å². The number of pyridine rings is 1. The molecule has 0 fully saturated rings. The highest BCUT2D eigenvalue weighted by molar-refractivity contribution is 5.93. The zero-order valence-electron chi connectivity index (χ0n) is 13.5. The summed E-state index contributed by atoms with van der Waals surface area (Å²) >= 11 is 0. The zero-order chi connectivity index (χ0) is 16.1. The van der Waals surface area contributed by atoms with E-state index in [4.69, 9.17) is 4.98 Å². The Morgan fingerprint density at radius 1 is 1.04 bits per heavy atom. The zero-order valence-corrected chi connectivity index (χ0v) is 13.5. The van der Waals surface area contributed by atoms with Crippen LogP contribution in [0.2, 0.25) is 0 Å². The number of hydrogen-bond donors (Lipinski definition) is 2. The van der Waals surface area contributed by atoms with Gasteiger partial charge in [-0.15, -0.1) is 0 Å². The van der Waals surface area contributed by atoms with Crippen LogP contribution >= 0.6 is 0 Å². The molecule has 0 radical (unpaired) electrons. The number of nitrogens with one attached hydrogen (secondary N) is 2. The fourth-order valence-electron chi connectivity index (χ4n) is 2.78. The van der Waals surface area contributed by atoms with Gasteiger partial charge in [-0.3, -0.25) is 9.97 Å². The summed E-state index contributed by atoms with van der Waals surface area (Å²) in [5.41, 5.74) is 4.60. The Hall–Kier alpha value is -2.69. The molecule has 5 heteroatoms. The third kappa shape index (κ3) is 3.39. The maximum absolute atomic E-state index is 4.71. The van der Waals surface area contributed by atoms with Crippen molar-refractivity contribution >= 4 is 22.4 Å². The van der Waals surface area contributed by atoms with Gasteiger partial charge in [0.1, 0.15) is 5.82 Å². The number of para-hydroxylation sites is 1. The van der Waals surface area contributed by atoms with E-state index in [1.807, 2.05) is 6.07 Å². The molecule has 118 valence electrons. The molecule has 2 aromatic heterocycles. The molecule has 0 spiro atoms. The standard InChI is InChI=1S/C18H21N5/c1-3-14-13(2)23-16-7-5-4-6-15(16)18(14)22-11-10-21-17-12-19-8-9-20-17/h4-9,12H,3,10-11H2,1-2H3,(H,20,21)(H,22,23). The van der Waals surface area contributed by atoms with Gasteiger partial charge >= 0.3 is 0 Å². The van der Waals surface area contributed by atoms with Gasteiger partial charge in [0.2, 0.25) is 0 Å². The molecule has 2 heterocycles. The molecule has 5 nitrogen and oxygen atoms in total. The summed E-state index contributed by atoms with van der Waals surface area (Å²) in [7, 11) is 0. The van der Waals surface area contributed by atoms with E-state index in [9.17, 15) is 0 Å². The Bertz CT molecular complexity index is 786. The minimum atomic E-state index is 0.775. The van der Waals surface area contributed by atoms with E-state index < -0.39 is 0 Å². The second-order valence-electron chi connectivity index (χ2n) is 5.37. The molecule has 3 rings (SSSR count). The maximum atomic E-state index is 4.71. The van der Waals surface area contributed by atoms with E-state index in [0.717, 1.165) is 36.5 Å². The Kier molecular flexibility index (Phi) is 4.66. The molecule has 0 atom stereocenters. The monoisotopic (exact) mass is 307 g/mol. The molecule has 2 N–H and O–H groups in total. The van der Waals surface area contributed by atoms with Crippen LogP contribution in [0.15, 0.2) is 42.9 Å². The van der Waals surface area contributed by atoms with Gasteiger partial charge in [-0.25, -0.2) is 4.98 Å². The highest BCUT2D eigenvalue weighted by atomic mass is 15.0. The summed E-state index contributed by atoms with van der Waals surface area (Å²) in [5, 5.41) is 8.01. The Morgan fingerprint density at radius 3 is 2.65 bits per heavy atom. The van der Waals surface area contributed by atoms with Crippen molar-refractivity contribution in [3.63, 3.8) is 0 Å². The van der Waals surface area contributed by atoms with Crippen molar-refractivity contribution in [2.75, 3.05) is 23.7 Å². The van der Waals surface area contributed by atoms with Gasteiger partial charge in [-0.2, -0.15) is 0 Å². The number of rotatable bonds is 6. The van der Waals surface area contributed by atoms with Crippen molar-refractivity contribution in [2.24, 2.45) is 0 Å². The molecule has 0 aliphatic carbocycles. The molecule has 0 amide bonds. The second-order valence-corrected chi connectivity index (χ2v) is 5.37. The summed E-state index contributed by atoms with van der Waals surface area (Å²) in [6, 6.07) is 8.27. The van der Waals surface area contributed by atoms with Gasteiger partial charge in [-0.05, 0) is 25.0 Å². The highest BCUT2D eigenvalue weighted by Crippen LogP contribution is 2.28. The van der Waals surface area contributed by atoms with E-state index in [1.54, 1.807) is 18.6 Å². The number of aromatic nitrogens is 3. The number of hydrogen-bond acceptors (Lipinski definition) is 5. The van der Waals surface area contributed by atoms with Gasteiger partial charge < -0.3 is 10.6 Å². The van der Waals surface area contributed by atoms with Crippen LogP contribution < -0.4 is 10.6 Å². The summed E-state index contributed by atoms with van der Waals surface area (Å²) < 4.78 is 0. The van der Waals surface area contributed by atoms with E-state index in [-0.39, 0.29) is 0 Å². The minimum Gasteiger partial charge on any atom is -0.382 e. The smallest absolute Gasteiger partial charge is 0.144 e. The van der Waals surface area contributed by atoms with Crippen molar-refractivity contribution in [1.29, 1.82) is 0 Å². The van der Waals surface area contributed by atoms with Crippen molar-refractivity contribution in [3.05, 3.63) is 54.1 Å². The van der Waals surface area contributed by atoms with Crippen LogP contribution in [-0.4, -0.2) is 28.0 Å². The fraction of sp³-hybridized carbons (Fsp3) is 0.278. The predicted octanol–water partition coefficient (Wildman–Crippen LogP) is 3.42. The largest absolute Gasteiger partial charge is 0.382 e. The first kappa shape index (κ1) is 15.2. The van der Waals surface area contributed by atoms with Gasteiger partial charge in [0.25, 0.3) is 0 Å². The van der Waals surface area contributed by atoms with E-state index in [0.29, 0.717) is 0 Å². The SMILES string of the molecule is CCc1c(C)nc2ccccc2c1NCCNc1cnccn1. The summed E-state index contributed by atoms with van der Waals surface area (Å²) in [4.78, 5) is 13.0. The van der Waals surface area contributed by atoms with Gasteiger partial charge in [0, 0.05) is 42.3 Å². The third-order valence-corrected chi connectivity index (χ3v) is 3.85. The Labute approximate surface area is 136 Å². The quantitative estimate of drug-likeness (QED) is 0.683. The van der Waals surface area contributed by atoms with Crippen molar-refractivity contribution in [1.82, 2.24) is 15.0 Å². The summed E-state index contributed by atoms with van der Waals surface area (Å²) in [6.07, 6.45) is 6.04. The van der Waals surface area contributed by atoms with E-state index >= 15 is 0 Å². The van der Waals surface area contributed by atoms with E-state index in [2.05, 4.69) is 52.6 Å². The number of nitrogens with zero attached hydrogens (tertiary/aromatic N) is 3. The first-order chi connectivity index (χ1) is 11.3. The van der Waals surface area contributed by atoms with Gasteiger partial charge in [0.05, 0.1) is 11.7 Å². The lowest BCUT2D eigenvalue weighted by Crippen LogP contribution is -2.16. The summed E-state index contributed by atoms with van der Waals surface area (Å²) in [6.45, 7) is 5.82. The molecule has 0 aliphatic rings. The van der Waals surface area contributed by atoms with Crippen LogP contribution in [0.25, 0.3) is 10.9 Å². The number of fused-ring (bicyclic) bond motifs is 1. The lowest BCUT2D eigenvalue weighted by atomic mass is 10.0. The molecular weight excluding hydrogens is 286 g/mol. The van der Waals surface area contributed by atoms with E-state index in [1.165, 1.54) is 16.6 Å². The van der Waals surface area contributed by atoms with Crippen molar-refractivity contribution in [2.45, 2.75) is 20.3 Å². The topological polar surface area (TPSA) is 62.7 Å². The lowest BCUT2D eigenvalue weighted by Gasteiger charge is -2.16. The number of benzene rings is 1. The maximum Gasteiger partial charge on any atom is 0.144 e. The number of anilines is 2.